The molecule has 3 nitrogen and oxygen atoms in total. The van der Waals surface area contributed by atoms with Gasteiger partial charge < -0.3 is 10.8 Å². The zero-order valence-electron chi connectivity index (χ0n) is 6.78. The van der Waals surface area contributed by atoms with Crippen molar-refractivity contribution in [3.05, 3.63) is 29.8 Å². The van der Waals surface area contributed by atoms with E-state index in [-0.39, 0.29) is 5.75 Å². The molecule has 1 atom stereocenters. The fourth-order valence-electron chi connectivity index (χ4n) is 0.973. The number of phenols is 1. The van der Waals surface area contributed by atoms with Crippen LogP contribution in [0.3, 0.4) is 0 Å². The Hall–Kier alpha value is -1.53. The van der Waals surface area contributed by atoms with Gasteiger partial charge in [-0.15, -0.1) is 0 Å². The molecular formula is C9H10N2O. The minimum atomic E-state index is -1.12. The summed E-state index contributed by atoms with van der Waals surface area (Å²) >= 11 is 0. The van der Waals surface area contributed by atoms with Crippen molar-refractivity contribution in [3.8, 4) is 11.8 Å². The number of benzene rings is 1. The number of hydrogen-bond acceptors (Lipinski definition) is 3. The molecule has 3 N–H and O–H groups in total. The molecule has 0 saturated carbocycles. The fourth-order valence-corrected chi connectivity index (χ4v) is 0.973. The first-order chi connectivity index (χ1) is 5.58. The van der Waals surface area contributed by atoms with Crippen molar-refractivity contribution < 1.29 is 5.11 Å². The molecule has 62 valence electrons. The van der Waals surface area contributed by atoms with E-state index in [2.05, 4.69) is 0 Å². The van der Waals surface area contributed by atoms with Gasteiger partial charge in [0.15, 0.2) is 0 Å². The van der Waals surface area contributed by atoms with Crippen molar-refractivity contribution in [3.63, 3.8) is 0 Å². The first-order valence-electron chi connectivity index (χ1n) is 3.56. The molecule has 0 aromatic heterocycles. The molecule has 0 amide bonds. The van der Waals surface area contributed by atoms with Crippen molar-refractivity contribution in [1.82, 2.24) is 0 Å². The molecule has 1 unspecified atom stereocenters. The Morgan fingerprint density at radius 3 is 2.58 bits per heavy atom. The van der Waals surface area contributed by atoms with Crippen LogP contribution in [-0.2, 0) is 5.54 Å². The van der Waals surface area contributed by atoms with E-state index >= 15 is 0 Å². The summed E-state index contributed by atoms with van der Waals surface area (Å²) in [5, 5.41) is 18.0. The van der Waals surface area contributed by atoms with Gasteiger partial charge >= 0.3 is 0 Å². The highest BCUT2D eigenvalue weighted by molar-refractivity contribution is 5.40. The van der Waals surface area contributed by atoms with Gasteiger partial charge in [0, 0.05) is 5.56 Å². The molecule has 0 spiro atoms. The Balaban J connectivity index is 3.22. The maximum absolute atomic E-state index is 9.35. The minimum absolute atomic E-state index is 0.0593. The summed E-state index contributed by atoms with van der Waals surface area (Å²) in [6, 6.07) is 8.49. The van der Waals surface area contributed by atoms with E-state index in [4.69, 9.17) is 11.0 Å². The lowest BCUT2D eigenvalue weighted by Gasteiger charge is -2.16. The van der Waals surface area contributed by atoms with E-state index in [1.807, 2.05) is 6.07 Å². The molecule has 0 aliphatic carbocycles. The van der Waals surface area contributed by atoms with Crippen molar-refractivity contribution in [2.75, 3.05) is 0 Å². The standard InChI is InChI=1S/C9H10N2O/c1-9(11,6-10)7-4-2-3-5-8(7)12/h2-5,12H,11H2,1H3. The van der Waals surface area contributed by atoms with Crippen LogP contribution in [0.2, 0.25) is 0 Å². The van der Waals surface area contributed by atoms with Gasteiger partial charge in [-0.25, -0.2) is 0 Å². The molecule has 1 aromatic rings. The Kier molecular flexibility index (Phi) is 2.03. The summed E-state index contributed by atoms with van der Waals surface area (Å²) in [5.74, 6) is 0.0593. The third kappa shape index (κ3) is 1.39. The van der Waals surface area contributed by atoms with Crippen LogP contribution in [0, 0.1) is 11.3 Å². The molecule has 12 heavy (non-hydrogen) atoms. The predicted octanol–water partition coefficient (Wildman–Crippen LogP) is 1.09. The van der Waals surface area contributed by atoms with Gasteiger partial charge in [-0.2, -0.15) is 5.26 Å². The second kappa shape index (κ2) is 2.84. The van der Waals surface area contributed by atoms with Crippen LogP contribution in [0.15, 0.2) is 24.3 Å². The smallest absolute Gasteiger partial charge is 0.130 e. The Morgan fingerprint density at radius 2 is 2.08 bits per heavy atom. The van der Waals surface area contributed by atoms with Gasteiger partial charge in [-0.3, -0.25) is 0 Å². The SMILES string of the molecule is CC(N)(C#N)c1ccccc1O. The zero-order valence-corrected chi connectivity index (χ0v) is 6.78. The van der Waals surface area contributed by atoms with Gasteiger partial charge in [-0.1, -0.05) is 18.2 Å². The summed E-state index contributed by atoms with van der Waals surface area (Å²) in [5.41, 5.74) is 4.95. The molecule has 0 aliphatic heterocycles. The first kappa shape index (κ1) is 8.57. The molecule has 0 heterocycles. The van der Waals surface area contributed by atoms with E-state index in [0.717, 1.165) is 0 Å². The highest BCUT2D eigenvalue weighted by Gasteiger charge is 2.22. The quantitative estimate of drug-likeness (QED) is 0.649. The van der Waals surface area contributed by atoms with Gasteiger partial charge in [0.05, 0.1) is 6.07 Å². The van der Waals surface area contributed by atoms with Gasteiger partial charge in [-0.05, 0) is 13.0 Å². The molecule has 0 bridgehead atoms. The highest BCUT2D eigenvalue weighted by atomic mass is 16.3. The van der Waals surface area contributed by atoms with Crippen LogP contribution >= 0.6 is 0 Å². The third-order valence-corrected chi connectivity index (χ3v) is 1.70. The van der Waals surface area contributed by atoms with Crippen LogP contribution in [0.25, 0.3) is 0 Å². The average molecular weight is 162 g/mol. The highest BCUT2D eigenvalue weighted by Crippen LogP contribution is 2.25. The van der Waals surface area contributed by atoms with E-state index in [1.54, 1.807) is 25.1 Å². The van der Waals surface area contributed by atoms with E-state index < -0.39 is 5.54 Å². The number of phenolic OH excluding ortho intramolecular Hbond substituents is 1. The number of para-hydroxylation sites is 1. The Bertz CT molecular complexity index is 326. The molecule has 3 heteroatoms. The van der Waals surface area contributed by atoms with E-state index in [9.17, 15) is 5.11 Å². The number of nitrogens with zero attached hydrogens (tertiary/aromatic N) is 1. The number of nitriles is 1. The first-order valence-corrected chi connectivity index (χ1v) is 3.56. The Morgan fingerprint density at radius 1 is 1.50 bits per heavy atom. The Labute approximate surface area is 71.1 Å². The van der Waals surface area contributed by atoms with Crippen molar-refractivity contribution in [2.45, 2.75) is 12.5 Å². The molecule has 1 aromatic carbocycles. The second-order valence-corrected chi connectivity index (χ2v) is 2.83. The number of hydrogen-bond donors (Lipinski definition) is 2. The van der Waals surface area contributed by atoms with Crippen LogP contribution in [-0.4, -0.2) is 5.11 Å². The predicted molar refractivity (Wildman–Crippen MR) is 45.3 cm³/mol. The molecular weight excluding hydrogens is 152 g/mol. The average Bonchev–Trinajstić information content (AvgIpc) is 2.05. The lowest BCUT2D eigenvalue weighted by molar-refractivity contribution is 0.454. The topological polar surface area (TPSA) is 70.0 Å². The van der Waals surface area contributed by atoms with Crippen LogP contribution in [0.1, 0.15) is 12.5 Å². The van der Waals surface area contributed by atoms with Crippen molar-refractivity contribution in [2.24, 2.45) is 5.73 Å². The molecule has 0 fully saturated rings. The summed E-state index contributed by atoms with van der Waals surface area (Å²) in [4.78, 5) is 0. The minimum Gasteiger partial charge on any atom is -0.508 e. The van der Waals surface area contributed by atoms with Crippen molar-refractivity contribution >= 4 is 0 Å². The number of nitrogens with two attached hydrogens (primary N) is 1. The van der Waals surface area contributed by atoms with Crippen molar-refractivity contribution in [1.29, 1.82) is 5.26 Å². The van der Waals surface area contributed by atoms with E-state index in [1.165, 1.54) is 6.07 Å². The zero-order chi connectivity index (χ0) is 9.19. The summed E-state index contributed by atoms with van der Waals surface area (Å²) < 4.78 is 0. The van der Waals surface area contributed by atoms with Gasteiger partial charge in [0.25, 0.3) is 0 Å². The molecule has 1 rings (SSSR count). The third-order valence-electron chi connectivity index (χ3n) is 1.70. The lowest BCUT2D eigenvalue weighted by Crippen LogP contribution is -2.30. The van der Waals surface area contributed by atoms with Crippen LogP contribution < -0.4 is 5.73 Å². The molecule has 0 aliphatic rings. The number of rotatable bonds is 1. The summed E-state index contributed by atoms with van der Waals surface area (Å²) in [7, 11) is 0. The maximum Gasteiger partial charge on any atom is 0.130 e. The van der Waals surface area contributed by atoms with Gasteiger partial charge in [0.1, 0.15) is 11.3 Å². The van der Waals surface area contributed by atoms with Crippen LogP contribution in [0.4, 0.5) is 0 Å². The fraction of sp³-hybridized carbons (Fsp3) is 0.222. The molecule has 0 radical (unpaired) electrons. The largest absolute Gasteiger partial charge is 0.508 e. The summed E-state index contributed by atoms with van der Waals surface area (Å²) in [6.45, 7) is 1.56. The maximum atomic E-state index is 9.35. The normalized spacial score (nSPS) is 14.8. The summed E-state index contributed by atoms with van der Waals surface area (Å²) in [6.07, 6.45) is 0. The monoisotopic (exact) mass is 162 g/mol. The molecule has 0 saturated heterocycles. The van der Waals surface area contributed by atoms with Gasteiger partial charge in [0.2, 0.25) is 0 Å². The van der Waals surface area contributed by atoms with Crippen LogP contribution in [0.5, 0.6) is 5.75 Å². The lowest BCUT2D eigenvalue weighted by atomic mass is 9.94. The number of aromatic hydroxyl groups is 1. The van der Waals surface area contributed by atoms with E-state index in [0.29, 0.717) is 5.56 Å². The second-order valence-electron chi connectivity index (χ2n) is 2.83.